The number of nitrogens with two attached hydrogens (primary N) is 1. The summed E-state index contributed by atoms with van der Waals surface area (Å²) >= 11 is 0. The maximum absolute atomic E-state index is 9.90. The molecule has 1 aromatic heterocycles. The quantitative estimate of drug-likeness (QED) is 0.669. The van der Waals surface area contributed by atoms with Crippen LogP contribution in [0.1, 0.15) is 54.9 Å². The lowest BCUT2D eigenvalue weighted by atomic mass is 9.72. The third-order valence-electron chi connectivity index (χ3n) is 5.78. The second-order valence-corrected chi connectivity index (χ2v) is 7.78. The Hall–Kier alpha value is -2.26. The van der Waals surface area contributed by atoms with Gasteiger partial charge in [0, 0.05) is 16.9 Å². The van der Waals surface area contributed by atoms with E-state index in [0.717, 1.165) is 36.0 Å². The van der Waals surface area contributed by atoms with Gasteiger partial charge in [0.05, 0.1) is 0 Å². The maximum Gasteiger partial charge on any atom is 0.134 e. The number of fused-ring (bicyclic) bond motifs is 1. The molecule has 0 amide bonds. The van der Waals surface area contributed by atoms with Gasteiger partial charge in [-0.15, -0.1) is 0 Å². The fraction of sp³-hybridized carbons (Fsp3) is 0.391. The maximum atomic E-state index is 9.90. The number of phenols is 1. The van der Waals surface area contributed by atoms with Gasteiger partial charge in [-0.05, 0) is 67.8 Å². The highest BCUT2D eigenvalue weighted by atomic mass is 16.3. The molecule has 0 radical (unpaired) electrons. The summed E-state index contributed by atoms with van der Waals surface area (Å²) < 4.78 is 6.31. The predicted molar refractivity (Wildman–Crippen MR) is 106 cm³/mol. The van der Waals surface area contributed by atoms with Gasteiger partial charge >= 0.3 is 0 Å². The van der Waals surface area contributed by atoms with E-state index in [2.05, 4.69) is 37.3 Å². The third-order valence-corrected chi connectivity index (χ3v) is 5.78. The van der Waals surface area contributed by atoms with Gasteiger partial charge in [0.25, 0.3) is 0 Å². The predicted octanol–water partition coefficient (Wildman–Crippen LogP) is 5.33. The van der Waals surface area contributed by atoms with E-state index in [9.17, 15) is 5.11 Å². The van der Waals surface area contributed by atoms with Gasteiger partial charge in [-0.1, -0.05) is 37.3 Å². The van der Waals surface area contributed by atoms with Crippen LogP contribution in [0, 0.1) is 5.92 Å². The SMILES string of the molecule is CC1CC(c2ccccc2)CC(c2oc3ccc(O)cc3c2CCN)C1. The van der Waals surface area contributed by atoms with E-state index >= 15 is 0 Å². The molecule has 0 aliphatic heterocycles. The molecule has 1 aliphatic rings. The smallest absolute Gasteiger partial charge is 0.134 e. The number of phenolic OH excluding ortho intramolecular Hbond substituents is 1. The zero-order valence-corrected chi connectivity index (χ0v) is 15.3. The summed E-state index contributed by atoms with van der Waals surface area (Å²) in [5.41, 5.74) is 9.36. The van der Waals surface area contributed by atoms with E-state index in [1.165, 1.54) is 17.5 Å². The van der Waals surface area contributed by atoms with Crippen LogP contribution in [0.5, 0.6) is 5.75 Å². The van der Waals surface area contributed by atoms with E-state index in [1.807, 2.05) is 12.1 Å². The average Bonchev–Trinajstić information content (AvgIpc) is 3.00. The number of hydrogen-bond acceptors (Lipinski definition) is 3. The summed E-state index contributed by atoms with van der Waals surface area (Å²) in [5.74, 6) is 2.99. The Morgan fingerprint density at radius 2 is 1.81 bits per heavy atom. The molecule has 0 spiro atoms. The van der Waals surface area contributed by atoms with Crippen molar-refractivity contribution in [2.24, 2.45) is 11.7 Å². The molecule has 3 atom stereocenters. The van der Waals surface area contributed by atoms with Crippen LogP contribution in [0.25, 0.3) is 11.0 Å². The van der Waals surface area contributed by atoms with E-state index in [1.54, 1.807) is 6.07 Å². The zero-order chi connectivity index (χ0) is 18.1. The van der Waals surface area contributed by atoms with Crippen molar-refractivity contribution < 1.29 is 9.52 Å². The summed E-state index contributed by atoms with van der Waals surface area (Å²) in [6.45, 7) is 2.93. The number of aromatic hydroxyl groups is 1. The summed E-state index contributed by atoms with van der Waals surface area (Å²) in [7, 11) is 0. The molecule has 3 aromatic rings. The molecule has 0 bridgehead atoms. The van der Waals surface area contributed by atoms with Gasteiger partial charge in [-0.2, -0.15) is 0 Å². The first kappa shape index (κ1) is 17.2. The molecule has 2 aromatic carbocycles. The monoisotopic (exact) mass is 349 g/mol. The van der Waals surface area contributed by atoms with Gasteiger partial charge in [0.2, 0.25) is 0 Å². The second kappa shape index (κ2) is 7.16. The minimum absolute atomic E-state index is 0.280. The normalized spacial score (nSPS) is 23.4. The van der Waals surface area contributed by atoms with E-state index in [0.29, 0.717) is 24.3 Å². The van der Waals surface area contributed by atoms with Crippen molar-refractivity contribution in [1.29, 1.82) is 0 Å². The van der Waals surface area contributed by atoms with Crippen molar-refractivity contribution in [2.45, 2.75) is 44.4 Å². The lowest BCUT2D eigenvalue weighted by molar-refractivity contribution is 0.282. The van der Waals surface area contributed by atoms with Gasteiger partial charge in [0.15, 0.2) is 0 Å². The van der Waals surface area contributed by atoms with Gasteiger partial charge in [-0.25, -0.2) is 0 Å². The van der Waals surface area contributed by atoms with Crippen molar-refractivity contribution in [2.75, 3.05) is 6.54 Å². The Labute approximate surface area is 154 Å². The van der Waals surface area contributed by atoms with Crippen LogP contribution < -0.4 is 5.73 Å². The Bertz CT molecular complexity index is 884. The number of benzene rings is 2. The van der Waals surface area contributed by atoms with Crippen LogP contribution in [0.3, 0.4) is 0 Å². The Balaban J connectivity index is 1.72. The molecule has 26 heavy (non-hydrogen) atoms. The van der Waals surface area contributed by atoms with Crippen LogP contribution in [0.15, 0.2) is 52.9 Å². The van der Waals surface area contributed by atoms with Crippen LogP contribution >= 0.6 is 0 Å². The van der Waals surface area contributed by atoms with Crippen molar-refractivity contribution >= 4 is 11.0 Å². The summed E-state index contributed by atoms with van der Waals surface area (Å²) in [4.78, 5) is 0. The number of rotatable bonds is 4. The number of hydrogen-bond donors (Lipinski definition) is 2. The second-order valence-electron chi connectivity index (χ2n) is 7.78. The first-order chi connectivity index (χ1) is 12.7. The molecular formula is C23H27NO2. The highest BCUT2D eigenvalue weighted by Crippen LogP contribution is 2.46. The van der Waals surface area contributed by atoms with E-state index in [-0.39, 0.29) is 5.75 Å². The molecule has 1 saturated carbocycles. The molecule has 1 heterocycles. The lowest BCUT2D eigenvalue weighted by Gasteiger charge is -2.33. The van der Waals surface area contributed by atoms with Crippen LogP contribution in [0.4, 0.5) is 0 Å². The first-order valence-corrected chi connectivity index (χ1v) is 9.65. The highest BCUT2D eigenvalue weighted by molar-refractivity contribution is 5.84. The summed E-state index contributed by atoms with van der Waals surface area (Å²) in [5, 5.41) is 10.9. The molecule has 3 unspecified atom stereocenters. The average molecular weight is 349 g/mol. The highest BCUT2D eigenvalue weighted by Gasteiger charge is 2.32. The Kier molecular flexibility index (Phi) is 4.73. The minimum Gasteiger partial charge on any atom is -0.508 e. The molecule has 136 valence electrons. The van der Waals surface area contributed by atoms with E-state index < -0.39 is 0 Å². The molecule has 3 N–H and O–H groups in total. The van der Waals surface area contributed by atoms with Gasteiger partial charge in [-0.3, -0.25) is 0 Å². The Morgan fingerprint density at radius 1 is 1.04 bits per heavy atom. The van der Waals surface area contributed by atoms with Crippen LogP contribution in [-0.2, 0) is 6.42 Å². The summed E-state index contributed by atoms with van der Waals surface area (Å²) in [6.07, 6.45) is 4.27. The fourth-order valence-electron chi connectivity index (χ4n) is 4.70. The van der Waals surface area contributed by atoms with Crippen molar-refractivity contribution in [3.05, 3.63) is 65.4 Å². The Morgan fingerprint density at radius 3 is 2.58 bits per heavy atom. The third kappa shape index (κ3) is 3.24. The molecule has 3 heteroatoms. The summed E-state index contributed by atoms with van der Waals surface area (Å²) in [6, 6.07) is 16.2. The fourth-order valence-corrected chi connectivity index (χ4v) is 4.70. The van der Waals surface area contributed by atoms with Gasteiger partial charge < -0.3 is 15.3 Å². The standard InChI is InChI=1S/C23H27NO2/c1-15-11-17(16-5-3-2-4-6-16)13-18(12-15)23-20(9-10-24)21-14-19(25)7-8-22(21)26-23/h2-8,14-15,17-18,25H,9-13,24H2,1H3. The van der Waals surface area contributed by atoms with Crippen LogP contribution in [-0.4, -0.2) is 11.7 Å². The van der Waals surface area contributed by atoms with E-state index in [4.69, 9.17) is 10.2 Å². The minimum atomic E-state index is 0.280. The molecular weight excluding hydrogens is 322 g/mol. The van der Waals surface area contributed by atoms with Crippen LogP contribution in [0.2, 0.25) is 0 Å². The molecule has 4 rings (SSSR count). The molecule has 1 aliphatic carbocycles. The van der Waals surface area contributed by atoms with Crippen molar-refractivity contribution in [3.63, 3.8) is 0 Å². The topological polar surface area (TPSA) is 59.4 Å². The molecule has 1 fully saturated rings. The number of furan rings is 1. The molecule has 0 saturated heterocycles. The first-order valence-electron chi connectivity index (χ1n) is 9.65. The van der Waals surface area contributed by atoms with Crippen molar-refractivity contribution in [3.8, 4) is 5.75 Å². The van der Waals surface area contributed by atoms with Crippen molar-refractivity contribution in [1.82, 2.24) is 0 Å². The van der Waals surface area contributed by atoms with Gasteiger partial charge in [0.1, 0.15) is 17.1 Å². The molecule has 3 nitrogen and oxygen atoms in total. The largest absolute Gasteiger partial charge is 0.508 e. The zero-order valence-electron chi connectivity index (χ0n) is 15.3. The lowest BCUT2D eigenvalue weighted by Crippen LogP contribution is -2.19.